The van der Waals surface area contributed by atoms with E-state index in [-0.39, 0.29) is 11.8 Å². The van der Waals surface area contributed by atoms with E-state index in [1.165, 1.54) is 5.56 Å². The molecular formula is C17H23N3O3. The zero-order valence-electron chi connectivity index (χ0n) is 13.5. The number of nitrogens with zero attached hydrogens (tertiary/aromatic N) is 2. The van der Waals surface area contributed by atoms with Crippen molar-refractivity contribution in [3.63, 3.8) is 0 Å². The number of benzene rings is 1. The predicted molar refractivity (Wildman–Crippen MR) is 86.4 cm³/mol. The summed E-state index contributed by atoms with van der Waals surface area (Å²) in [6.07, 6.45) is 2.54. The first-order chi connectivity index (χ1) is 11.1. The van der Waals surface area contributed by atoms with E-state index in [1.54, 1.807) is 12.0 Å². The Morgan fingerprint density at radius 2 is 1.91 bits per heavy atom. The Bertz CT molecular complexity index is 617. The van der Waals surface area contributed by atoms with Gasteiger partial charge in [0.05, 0.1) is 13.0 Å². The van der Waals surface area contributed by atoms with Crippen LogP contribution in [-0.4, -0.2) is 55.0 Å². The fraction of sp³-hybridized carbons (Fsp3) is 0.529. The lowest BCUT2D eigenvalue weighted by atomic mass is 9.99. The molecule has 3 rings (SSSR count). The van der Waals surface area contributed by atoms with Gasteiger partial charge in [0.1, 0.15) is 5.75 Å². The number of hydrogen-bond donors (Lipinski definition) is 1. The first-order valence-corrected chi connectivity index (χ1v) is 8.10. The fourth-order valence-electron chi connectivity index (χ4n) is 3.54. The van der Waals surface area contributed by atoms with Gasteiger partial charge >= 0.3 is 6.03 Å². The number of urea groups is 1. The van der Waals surface area contributed by atoms with Crippen molar-refractivity contribution in [2.75, 3.05) is 33.3 Å². The number of carbonyl (C=O) groups is 2. The summed E-state index contributed by atoms with van der Waals surface area (Å²) < 4.78 is 5.29. The normalized spacial score (nSPS) is 20.8. The molecule has 1 heterocycles. The Morgan fingerprint density at radius 3 is 2.65 bits per heavy atom. The Kier molecular flexibility index (Phi) is 4.41. The molecule has 6 nitrogen and oxygen atoms in total. The van der Waals surface area contributed by atoms with Gasteiger partial charge in [-0.1, -0.05) is 6.07 Å². The minimum Gasteiger partial charge on any atom is -0.497 e. The number of ether oxygens (including phenoxy) is 1. The summed E-state index contributed by atoms with van der Waals surface area (Å²) in [6.45, 7) is 2.36. The highest BCUT2D eigenvalue weighted by Crippen LogP contribution is 2.36. The molecule has 1 aromatic carbocycles. The summed E-state index contributed by atoms with van der Waals surface area (Å²) in [5.74, 6) is 0.850. The Hall–Kier alpha value is -2.24. The quantitative estimate of drug-likeness (QED) is 0.894. The molecule has 0 radical (unpaired) electrons. The van der Waals surface area contributed by atoms with E-state index < -0.39 is 6.03 Å². The number of aryl methyl sites for hydroxylation is 1. The van der Waals surface area contributed by atoms with Gasteiger partial charge in [0, 0.05) is 26.2 Å². The molecule has 1 aromatic rings. The van der Waals surface area contributed by atoms with Crippen LogP contribution in [0.1, 0.15) is 29.9 Å². The third kappa shape index (κ3) is 3.11. The highest BCUT2D eigenvalue weighted by atomic mass is 16.5. The van der Waals surface area contributed by atoms with Crippen molar-refractivity contribution in [1.82, 2.24) is 9.80 Å². The first kappa shape index (κ1) is 15.6. The SMILES string of the molecule is COc1ccc2c(c1)C(C(=O)N1CCCN(C(N)=O)CC1)CC2. The summed E-state index contributed by atoms with van der Waals surface area (Å²) in [5.41, 5.74) is 7.67. The molecule has 1 saturated heterocycles. The van der Waals surface area contributed by atoms with E-state index in [4.69, 9.17) is 10.5 Å². The van der Waals surface area contributed by atoms with Crippen LogP contribution in [-0.2, 0) is 11.2 Å². The average Bonchev–Trinajstić information content (AvgIpc) is 2.80. The largest absolute Gasteiger partial charge is 0.497 e. The number of fused-ring (bicyclic) bond motifs is 1. The molecule has 124 valence electrons. The molecule has 1 atom stereocenters. The van der Waals surface area contributed by atoms with Crippen molar-refractivity contribution in [2.45, 2.75) is 25.2 Å². The molecule has 1 unspecified atom stereocenters. The van der Waals surface area contributed by atoms with Crippen LogP contribution in [0.3, 0.4) is 0 Å². The minimum atomic E-state index is -0.407. The monoisotopic (exact) mass is 317 g/mol. The molecule has 23 heavy (non-hydrogen) atoms. The van der Waals surface area contributed by atoms with Crippen molar-refractivity contribution in [3.8, 4) is 5.75 Å². The lowest BCUT2D eigenvalue weighted by Gasteiger charge is -2.24. The van der Waals surface area contributed by atoms with E-state index >= 15 is 0 Å². The molecule has 0 saturated carbocycles. The number of amides is 3. The van der Waals surface area contributed by atoms with Crippen LogP contribution >= 0.6 is 0 Å². The van der Waals surface area contributed by atoms with Crippen LogP contribution in [0.2, 0.25) is 0 Å². The summed E-state index contributed by atoms with van der Waals surface area (Å²) in [6, 6.07) is 5.58. The maximum absolute atomic E-state index is 12.9. The number of hydrogen-bond acceptors (Lipinski definition) is 3. The predicted octanol–water partition coefficient (Wildman–Crippen LogP) is 1.34. The van der Waals surface area contributed by atoms with Crippen molar-refractivity contribution >= 4 is 11.9 Å². The standard InChI is InChI=1S/C17H23N3O3/c1-23-13-5-3-12-4-6-14(15(12)11-13)16(21)19-7-2-8-20(10-9-19)17(18)22/h3,5,11,14H,2,4,6-10H2,1H3,(H2,18,22). The fourth-order valence-corrected chi connectivity index (χ4v) is 3.54. The van der Waals surface area contributed by atoms with Crippen LogP contribution in [0, 0.1) is 0 Å². The molecule has 0 spiro atoms. The maximum atomic E-state index is 12.9. The average molecular weight is 317 g/mol. The van der Waals surface area contributed by atoms with E-state index in [9.17, 15) is 9.59 Å². The zero-order chi connectivity index (χ0) is 16.4. The summed E-state index contributed by atoms with van der Waals surface area (Å²) >= 11 is 0. The van der Waals surface area contributed by atoms with Gasteiger partial charge < -0.3 is 20.3 Å². The van der Waals surface area contributed by atoms with Gasteiger partial charge in [-0.25, -0.2) is 4.79 Å². The van der Waals surface area contributed by atoms with Gasteiger partial charge in [-0.2, -0.15) is 0 Å². The van der Waals surface area contributed by atoms with Gasteiger partial charge in [0.2, 0.25) is 5.91 Å². The Balaban J connectivity index is 1.74. The topological polar surface area (TPSA) is 75.9 Å². The molecule has 2 N–H and O–H groups in total. The molecule has 1 aliphatic heterocycles. The third-order valence-electron chi connectivity index (χ3n) is 4.85. The van der Waals surface area contributed by atoms with E-state index in [0.717, 1.165) is 30.6 Å². The molecule has 6 heteroatoms. The molecule has 2 aliphatic rings. The second-order valence-electron chi connectivity index (χ2n) is 6.16. The van der Waals surface area contributed by atoms with Crippen LogP contribution in [0.4, 0.5) is 4.79 Å². The van der Waals surface area contributed by atoms with Gasteiger partial charge in [-0.05, 0) is 42.5 Å². The van der Waals surface area contributed by atoms with Crippen LogP contribution in [0.5, 0.6) is 5.75 Å². The van der Waals surface area contributed by atoms with Crippen LogP contribution in [0.25, 0.3) is 0 Å². The van der Waals surface area contributed by atoms with E-state index in [1.807, 2.05) is 17.0 Å². The maximum Gasteiger partial charge on any atom is 0.314 e. The van der Waals surface area contributed by atoms with Gasteiger partial charge in [-0.15, -0.1) is 0 Å². The molecule has 3 amide bonds. The second kappa shape index (κ2) is 6.48. The van der Waals surface area contributed by atoms with Crippen LogP contribution < -0.4 is 10.5 Å². The smallest absolute Gasteiger partial charge is 0.314 e. The summed E-state index contributed by atoms with van der Waals surface area (Å²) in [4.78, 5) is 27.7. The van der Waals surface area contributed by atoms with Crippen molar-refractivity contribution in [1.29, 1.82) is 0 Å². The number of methoxy groups -OCH3 is 1. The van der Waals surface area contributed by atoms with Gasteiger partial charge in [0.15, 0.2) is 0 Å². The summed E-state index contributed by atoms with van der Waals surface area (Å²) in [7, 11) is 1.64. The van der Waals surface area contributed by atoms with Gasteiger partial charge in [-0.3, -0.25) is 4.79 Å². The molecule has 1 aliphatic carbocycles. The van der Waals surface area contributed by atoms with Crippen molar-refractivity contribution in [3.05, 3.63) is 29.3 Å². The molecule has 1 fully saturated rings. The van der Waals surface area contributed by atoms with E-state index in [0.29, 0.717) is 26.2 Å². The minimum absolute atomic E-state index is 0.0970. The van der Waals surface area contributed by atoms with E-state index in [2.05, 4.69) is 6.07 Å². The second-order valence-corrected chi connectivity index (χ2v) is 6.16. The zero-order valence-corrected chi connectivity index (χ0v) is 13.5. The third-order valence-corrected chi connectivity index (χ3v) is 4.85. The number of primary amides is 1. The summed E-state index contributed by atoms with van der Waals surface area (Å²) in [5, 5.41) is 0. The van der Waals surface area contributed by atoms with Crippen molar-refractivity contribution in [2.24, 2.45) is 5.73 Å². The highest BCUT2D eigenvalue weighted by Gasteiger charge is 2.33. The lowest BCUT2D eigenvalue weighted by molar-refractivity contribution is -0.132. The Morgan fingerprint density at radius 1 is 1.17 bits per heavy atom. The van der Waals surface area contributed by atoms with Crippen molar-refractivity contribution < 1.29 is 14.3 Å². The first-order valence-electron chi connectivity index (χ1n) is 8.10. The number of carbonyl (C=O) groups excluding carboxylic acids is 2. The lowest BCUT2D eigenvalue weighted by Crippen LogP contribution is -2.40. The van der Waals surface area contributed by atoms with Gasteiger partial charge in [0.25, 0.3) is 0 Å². The Labute approximate surface area is 136 Å². The number of rotatable bonds is 2. The molecule has 0 aromatic heterocycles. The molecule has 0 bridgehead atoms. The highest BCUT2D eigenvalue weighted by molar-refractivity contribution is 5.85. The van der Waals surface area contributed by atoms with Crippen LogP contribution in [0.15, 0.2) is 18.2 Å². The molecular weight excluding hydrogens is 294 g/mol. The number of nitrogens with two attached hydrogens (primary N) is 1.